The summed E-state index contributed by atoms with van der Waals surface area (Å²) in [5.74, 6) is 5.89. The largest absolute Gasteiger partial charge is 0.343 e. The minimum Gasteiger partial charge on any atom is -0.343 e. The monoisotopic (exact) mass is 502 g/mol. The summed E-state index contributed by atoms with van der Waals surface area (Å²) in [6.07, 6.45) is 5.07. The number of aryl methyl sites for hydroxylation is 3. The van der Waals surface area contributed by atoms with Gasteiger partial charge in [0.05, 0.1) is 34.6 Å². The zero-order valence-corrected chi connectivity index (χ0v) is 21.6. The van der Waals surface area contributed by atoms with Gasteiger partial charge in [-0.3, -0.25) is 23.8 Å². The lowest BCUT2D eigenvalue weighted by atomic mass is 10.0. The van der Waals surface area contributed by atoms with Crippen LogP contribution in [0.1, 0.15) is 51.7 Å². The molecular formula is C30H26N6O2. The quantitative estimate of drug-likeness (QED) is 0.375. The van der Waals surface area contributed by atoms with Crippen LogP contribution in [0.2, 0.25) is 0 Å². The molecule has 2 aromatic carbocycles. The fourth-order valence-electron chi connectivity index (χ4n) is 4.43. The Kier molecular flexibility index (Phi) is 6.58. The number of amides is 1. The van der Waals surface area contributed by atoms with E-state index in [0.29, 0.717) is 28.0 Å². The van der Waals surface area contributed by atoms with Crippen molar-refractivity contribution < 1.29 is 4.79 Å². The van der Waals surface area contributed by atoms with Crippen molar-refractivity contribution in [2.24, 2.45) is 7.05 Å². The number of fused-ring (bicyclic) bond motifs is 1. The molecular weight excluding hydrogens is 476 g/mol. The highest BCUT2D eigenvalue weighted by atomic mass is 16.2. The Morgan fingerprint density at radius 2 is 1.82 bits per heavy atom. The number of aromatic nitrogens is 5. The summed E-state index contributed by atoms with van der Waals surface area (Å²) in [5, 5.41) is 8.40. The minimum atomic E-state index is -0.507. The van der Waals surface area contributed by atoms with E-state index in [0.717, 1.165) is 16.6 Å². The lowest BCUT2D eigenvalue weighted by Crippen LogP contribution is -2.33. The van der Waals surface area contributed by atoms with Gasteiger partial charge in [-0.25, -0.2) is 4.98 Å². The Balaban J connectivity index is 1.64. The van der Waals surface area contributed by atoms with Gasteiger partial charge in [0, 0.05) is 36.4 Å². The Labute approximate surface area is 220 Å². The molecule has 0 spiro atoms. The summed E-state index contributed by atoms with van der Waals surface area (Å²) in [5.41, 5.74) is 4.03. The molecule has 0 aliphatic heterocycles. The molecule has 5 aromatic rings. The number of para-hydroxylation sites is 1. The van der Waals surface area contributed by atoms with E-state index < -0.39 is 6.04 Å². The molecule has 1 amide bonds. The van der Waals surface area contributed by atoms with Gasteiger partial charge in [-0.1, -0.05) is 42.2 Å². The molecule has 5 rings (SSSR count). The van der Waals surface area contributed by atoms with Crippen molar-refractivity contribution >= 4 is 16.7 Å². The van der Waals surface area contributed by atoms with Crippen LogP contribution in [0, 0.1) is 25.7 Å². The molecule has 38 heavy (non-hydrogen) atoms. The van der Waals surface area contributed by atoms with E-state index >= 15 is 0 Å². The van der Waals surface area contributed by atoms with Gasteiger partial charge in [0.15, 0.2) is 0 Å². The molecule has 0 bridgehead atoms. The standard InChI is InChI=1S/C30H26N6O2/c1-19-16-31-28(21(3)33-19)29(37)34-20(2)26-15-24-10-8-9-23(14-13-22-17-32-35(4)18-22)27(24)30(38)36(26)25-11-6-5-7-12-25/h5-12,15-18,20H,1-4H3,(H,34,37)/t20-/m1/s1. The Morgan fingerprint density at radius 1 is 1.03 bits per heavy atom. The van der Waals surface area contributed by atoms with Crippen LogP contribution in [0.25, 0.3) is 16.5 Å². The summed E-state index contributed by atoms with van der Waals surface area (Å²) >= 11 is 0. The first kappa shape index (κ1) is 24.7. The average molecular weight is 503 g/mol. The topological polar surface area (TPSA) is 94.7 Å². The summed E-state index contributed by atoms with van der Waals surface area (Å²) in [4.78, 5) is 35.8. The van der Waals surface area contributed by atoms with Crippen molar-refractivity contribution in [3.05, 3.63) is 117 Å². The van der Waals surface area contributed by atoms with E-state index in [1.807, 2.05) is 81.7 Å². The van der Waals surface area contributed by atoms with Crippen LogP contribution in [0.3, 0.4) is 0 Å². The zero-order valence-electron chi connectivity index (χ0n) is 21.6. The van der Waals surface area contributed by atoms with Crippen LogP contribution in [-0.2, 0) is 7.05 Å². The second kappa shape index (κ2) is 10.1. The van der Waals surface area contributed by atoms with Gasteiger partial charge in [0.2, 0.25) is 0 Å². The second-order valence-electron chi connectivity index (χ2n) is 9.11. The molecule has 0 unspecified atom stereocenters. The van der Waals surface area contributed by atoms with E-state index in [2.05, 4.69) is 32.2 Å². The molecule has 0 aliphatic carbocycles. The molecule has 188 valence electrons. The molecule has 8 heteroatoms. The van der Waals surface area contributed by atoms with Gasteiger partial charge < -0.3 is 5.32 Å². The van der Waals surface area contributed by atoms with Crippen molar-refractivity contribution in [1.29, 1.82) is 0 Å². The van der Waals surface area contributed by atoms with Gasteiger partial charge in [0.1, 0.15) is 5.69 Å². The summed E-state index contributed by atoms with van der Waals surface area (Å²) in [7, 11) is 1.83. The van der Waals surface area contributed by atoms with Crippen LogP contribution in [0.4, 0.5) is 0 Å². The number of nitrogens with one attached hydrogen (secondary N) is 1. The fraction of sp³-hybridized carbons (Fsp3) is 0.167. The summed E-state index contributed by atoms with van der Waals surface area (Å²) < 4.78 is 3.32. The lowest BCUT2D eigenvalue weighted by Gasteiger charge is -2.21. The normalized spacial score (nSPS) is 11.6. The summed E-state index contributed by atoms with van der Waals surface area (Å²) in [6.45, 7) is 5.43. The van der Waals surface area contributed by atoms with E-state index in [9.17, 15) is 9.59 Å². The van der Waals surface area contributed by atoms with Crippen molar-refractivity contribution in [1.82, 2.24) is 29.6 Å². The molecule has 0 saturated carbocycles. The fourth-order valence-corrected chi connectivity index (χ4v) is 4.43. The third kappa shape index (κ3) is 4.82. The number of benzene rings is 2. The number of nitrogens with zero attached hydrogens (tertiary/aromatic N) is 5. The number of pyridine rings is 1. The highest BCUT2D eigenvalue weighted by molar-refractivity contribution is 5.93. The maximum atomic E-state index is 14.1. The molecule has 0 aliphatic rings. The predicted molar refractivity (Wildman–Crippen MR) is 146 cm³/mol. The smallest absolute Gasteiger partial charge is 0.272 e. The number of hydrogen-bond donors (Lipinski definition) is 1. The van der Waals surface area contributed by atoms with E-state index in [1.165, 1.54) is 0 Å². The molecule has 1 atom stereocenters. The third-order valence-corrected chi connectivity index (χ3v) is 6.21. The van der Waals surface area contributed by atoms with Crippen LogP contribution >= 0.6 is 0 Å². The number of rotatable bonds is 4. The highest BCUT2D eigenvalue weighted by Crippen LogP contribution is 2.23. The highest BCUT2D eigenvalue weighted by Gasteiger charge is 2.21. The third-order valence-electron chi connectivity index (χ3n) is 6.21. The van der Waals surface area contributed by atoms with Crippen molar-refractivity contribution in [2.75, 3.05) is 0 Å². The van der Waals surface area contributed by atoms with Gasteiger partial charge >= 0.3 is 0 Å². The van der Waals surface area contributed by atoms with Crippen LogP contribution < -0.4 is 10.9 Å². The molecule has 8 nitrogen and oxygen atoms in total. The Hall–Kier alpha value is -5.03. The first-order valence-electron chi connectivity index (χ1n) is 12.2. The summed E-state index contributed by atoms with van der Waals surface area (Å²) in [6, 6.07) is 16.4. The second-order valence-corrected chi connectivity index (χ2v) is 9.11. The molecule has 3 aromatic heterocycles. The first-order chi connectivity index (χ1) is 18.3. The number of hydrogen-bond acceptors (Lipinski definition) is 5. The Bertz CT molecular complexity index is 1790. The van der Waals surface area contributed by atoms with E-state index in [-0.39, 0.29) is 17.2 Å². The lowest BCUT2D eigenvalue weighted by molar-refractivity contribution is 0.0932. The van der Waals surface area contributed by atoms with Crippen LogP contribution in [0.5, 0.6) is 0 Å². The van der Waals surface area contributed by atoms with E-state index in [4.69, 9.17) is 0 Å². The van der Waals surface area contributed by atoms with Crippen LogP contribution in [0.15, 0.2) is 78.0 Å². The Morgan fingerprint density at radius 3 is 2.53 bits per heavy atom. The van der Waals surface area contributed by atoms with Crippen molar-refractivity contribution in [2.45, 2.75) is 26.8 Å². The van der Waals surface area contributed by atoms with Crippen molar-refractivity contribution in [3.8, 4) is 17.5 Å². The average Bonchev–Trinajstić information content (AvgIpc) is 3.32. The van der Waals surface area contributed by atoms with Gasteiger partial charge in [-0.15, -0.1) is 0 Å². The molecule has 0 saturated heterocycles. The number of carbonyl (C=O) groups is 1. The van der Waals surface area contributed by atoms with Gasteiger partial charge in [-0.2, -0.15) is 5.10 Å². The van der Waals surface area contributed by atoms with E-state index in [1.54, 1.807) is 28.6 Å². The molecule has 1 N–H and O–H groups in total. The first-order valence-corrected chi connectivity index (χ1v) is 12.2. The van der Waals surface area contributed by atoms with Crippen molar-refractivity contribution in [3.63, 3.8) is 0 Å². The maximum absolute atomic E-state index is 14.1. The number of carbonyl (C=O) groups excluding carboxylic acids is 1. The van der Waals surface area contributed by atoms with Gasteiger partial charge in [-0.05, 0) is 50.4 Å². The minimum absolute atomic E-state index is 0.216. The zero-order chi connectivity index (χ0) is 26.8. The molecule has 0 radical (unpaired) electrons. The SMILES string of the molecule is Cc1cnc(C(=O)N[C@H](C)c2cc3cccc(C#Cc4cnn(C)c4)c3c(=O)n2-c2ccccc2)c(C)n1. The maximum Gasteiger partial charge on any atom is 0.272 e. The molecule has 3 heterocycles. The van der Waals surface area contributed by atoms with Gasteiger partial charge in [0.25, 0.3) is 11.5 Å². The predicted octanol–water partition coefficient (Wildman–Crippen LogP) is 4.02. The van der Waals surface area contributed by atoms with Crippen LogP contribution in [-0.4, -0.2) is 30.2 Å². The molecule has 0 fully saturated rings.